The van der Waals surface area contributed by atoms with Gasteiger partial charge >= 0.3 is 0 Å². The number of hydrogen-bond donors (Lipinski definition) is 2. The van der Waals surface area contributed by atoms with E-state index in [-0.39, 0.29) is 24.1 Å². The van der Waals surface area contributed by atoms with Gasteiger partial charge in [0.15, 0.2) is 11.6 Å². The second-order valence-electron chi connectivity index (χ2n) is 5.94. The molecule has 0 radical (unpaired) electrons. The largest absolute Gasteiger partial charge is 0.326 e. The van der Waals surface area contributed by atoms with E-state index >= 15 is 0 Å². The minimum Gasteiger partial charge on any atom is -0.326 e. The van der Waals surface area contributed by atoms with E-state index in [9.17, 15) is 17.2 Å². The van der Waals surface area contributed by atoms with Crippen LogP contribution in [0.15, 0.2) is 17.0 Å². The molecule has 1 aliphatic rings. The van der Waals surface area contributed by atoms with E-state index in [1.165, 1.54) is 0 Å². The highest BCUT2D eigenvalue weighted by molar-refractivity contribution is 7.89. The Balaban J connectivity index is 2.25. The van der Waals surface area contributed by atoms with Crippen molar-refractivity contribution in [1.29, 1.82) is 0 Å². The molecule has 7 heteroatoms. The zero-order valence-electron chi connectivity index (χ0n) is 12.0. The van der Waals surface area contributed by atoms with Gasteiger partial charge in [-0.05, 0) is 36.0 Å². The fourth-order valence-corrected chi connectivity index (χ4v) is 4.02. The van der Waals surface area contributed by atoms with Gasteiger partial charge < -0.3 is 5.73 Å². The summed E-state index contributed by atoms with van der Waals surface area (Å²) in [6.07, 6.45) is 3.97. The van der Waals surface area contributed by atoms with Gasteiger partial charge in [0, 0.05) is 13.1 Å². The number of sulfonamides is 1. The molecule has 0 spiro atoms. The van der Waals surface area contributed by atoms with Crippen LogP contribution in [0.25, 0.3) is 0 Å². The molecule has 2 rings (SSSR count). The number of halogens is 2. The van der Waals surface area contributed by atoms with Crippen LogP contribution in [0.2, 0.25) is 0 Å². The van der Waals surface area contributed by atoms with E-state index in [1.54, 1.807) is 0 Å². The SMILES string of the molecule is CC1(CNS(=O)(=O)c2cc(CN)cc(F)c2F)CCCC1. The van der Waals surface area contributed by atoms with Crippen molar-refractivity contribution in [2.24, 2.45) is 11.1 Å². The van der Waals surface area contributed by atoms with Crippen molar-refractivity contribution in [3.05, 3.63) is 29.3 Å². The third-order valence-corrected chi connectivity index (χ3v) is 5.48. The molecule has 0 unspecified atom stereocenters. The lowest BCUT2D eigenvalue weighted by Gasteiger charge is -2.23. The molecular weight excluding hydrogens is 298 g/mol. The fourth-order valence-electron chi connectivity index (χ4n) is 2.68. The van der Waals surface area contributed by atoms with Crippen LogP contribution < -0.4 is 10.5 Å². The van der Waals surface area contributed by atoms with E-state index in [0.29, 0.717) is 0 Å². The molecule has 3 N–H and O–H groups in total. The van der Waals surface area contributed by atoms with E-state index in [1.807, 2.05) is 6.92 Å². The second-order valence-corrected chi connectivity index (χ2v) is 7.67. The Morgan fingerprint density at radius 3 is 2.48 bits per heavy atom. The Morgan fingerprint density at radius 1 is 1.29 bits per heavy atom. The Labute approximate surface area is 123 Å². The molecule has 0 amide bonds. The average molecular weight is 318 g/mol. The van der Waals surface area contributed by atoms with E-state index in [0.717, 1.165) is 37.8 Å². The number of rotatable bonds is 5. The summed E-state index contributed by atoms with van der Waals surface area (Å²) in [5.74, 6) is -2.57. The van der Waals surface area contributed by atoms with Crippen LogP contribution in [0.1, 0.15) is 38.2 Å². The second kappa shape index (κ2) is 5.98. The minimum absolute atomic E-state index is 0.0581. The van der Waals surface area contributed by atoms with Crippen LogP contribution in [0, 0.1) is 17.0 Å². The molecule has 1 aromatic rings. The van der Waals surface area contributed by atoms with Crippen molar-refractivity contribution in [2.75, 3.05) is 6.54 Å². The van der Waals surface area contributed by atoms with Crippen LogP contribution in [0.3, 0.4) is 0 Å². The smallest absolute Gasteiger partial charge is 0.243 e. The quantitative estimate of drug-likeness (QED) is 0.875. The first kappa shape index (κ1) is 16.3. The minimum atomic E-state index is -4.09. The average Bonchev–Trinajstić information content (AvgIpc) is 2.87. The molecule has 1 aliphatic carbocycles. The predicted molar refractivity (Wildman–Crippen MR) is 76.0 cm³/mol. The Hall–Kier alpha value is -1.05. The van der Waals surface area contributed by atoms with Crippen molar-refractivity contribution >= 4 is 10.0 Å². The lowest BCUT2D eigenvalue weighted by molar-refractivity contribution is 0.336. The molecule has 118 valence electrons. The monoisotopic (exact) mass is 318 g/mol. The molecular formula is C14H20F2N2O2S. The summed E-state index contributed by atoms with van der Waals surface area (Å²) >= 11 is 0. The maximum absolute atomic E-state index is 13.8. The molecule has 0 heterocycles. The third kappa shape index (κ3) is 3.59. The van der Waals surface area contributed by atoms with Gasteiger partial charge in [-0.2, -0.15) is 0 Å². The van der Waals surface area contributed by atoms with Crippen LogP contribution in [-0.2, 0) is 16.6 Å². The molecule has 1 fully saturated rings. The first-order chi connectivity index (χ1) is 9.77. The van der Waals surface area contributed by atoms with Gasteiger partial charge in [-0.15, -0.1) is 0 Å². The van der Waals surface area contributed by atoms with Gasteiger partial charge in [-0.3, -0.25) is 0 Å². The van der Waals surface area contributed by atoms with Crippen LogP contribution in [-0.4, -0.2) is 15.0 Å². The Bertz CT molecular complexity index is 626. The van der Waals surface area contributed by atoms with E-state index in [4.69, 9.17) is 5.73 Å². The summed E-state index contributed by atoms with van der Waals surface area (Å²) in [4.78, 5) is -0.676. The lowest BCUT2D eigenvalue weighted by atomic mass is 9.89. The van der Waals surface area contributed by atoms with Crippen LogP contribution in [0.5, 0.6) is 0 Å². The normalized spacial score (nSPS) is 18.1. The molecule has 0 bridgehead atoms. The fraction of sp³-hybridized carbons (Fsp3) is 0.571. The summed E-state index contributed by atoms with van der Waals surface area (Å²) in [5.41, 5.74) is 5.49. The van der Waals surface area contributed by atoms with Gasteiger partial charge in [0.1, 0.15) is 4.90 Å². The molecule has 4 nitrogen and oxygen atoms in total. The van der Waals surface area contributed by atoms with Crippen molar-refractivity contribution in [3.63, 3.8) is 0 Å². The maximum Gasteiger partial charge on any atom is 0.243 e. The molecule has 0 atom stereocenters. The zero-order chi connectivity index (χ0) is 15.7. The zero-order valence-corrected chi connectivity index (χ0v) is 12.8. The van der Waals surface area contributed by atoms with Crippen molar-refractivity contribution in [2.45, 2.75) is 44.0 Å². The highest BCUT2D eigenvalue weighted by Crippen LogP contribution is 2.37. The van der Waals surface area contributed by atoms with E-state index < -0.39 is 26.6 Å². The number of hydrogen-bond acceptors (Lipinski definition) is 3. The Morgan fingerprint density at radius 2 is 1.90 bits per heavy atom. The lowest BCUT2D eigenvalue weighted by Crippen LogP contribution is -2.34. The number of nitrogens with one attached hydrogen (secondary N) is 1. The van der Waals surface area contributed by atoms with Gasteiger partial charge in [-0.25, -0.2) is 21.9 Å². The molecule has 0 saturated heterocycles. The maximum atomic E-state index is 13.8. The summed E-state index contributed by atoms with van der Waals surface area (Å²) in [6.45, 7) is 2.16. The summed E-state index contributed by atoms with van der Waals surface area (Å²) < 4.78 is 54.1. The molecule has 0 aromatic heterocycles. The number of nitrogens with two attached hydrogens (primary N) is 1. The standard InChI is InChI=1S/C14H20F2N2O2S/c1-14(4-2-3-5-14)9-18-21(19,20)12-7-10(8-17)6-11(15)13(12)16/h6-7,18H,2-5,8-9,17H2,1H3. The van der Waals surface area contributed by atoms with Crippen molar-refractivity contribution in [1.82, 2.24) is 4.72 Å². The van der Waals surface area contributed by atoms with Crippen LogP contribution in [0.4, 0.5) is 8.78 Å². The van der Waals surface area contributed by atoms with Gasteiger partial charge in [-0.1, -0.05) is 19.8 Å². The van der Waals surface area contributed by atoms with Gasteiger partial charge in [0.05, 0.1) is 0 Å². The van der Waals surface area contributed by atoms with Crippen molar-refractivity contribution in [3.8, 4) is 0 Å². The first-order valence-corrected chi connectivity index (χ1v) is 8.43. The Kier molecular flexibility index (Phi) is 4.65. The highest BCUT2D eigenvalue weighted by Gasteiger charge is 2.31. The third-order valence-electron chi connectivity index (χ3n) is 4.08. The van der Waals surface area contributed by atoms with Gasteiger partial charge in [0.2, 0.25) is 10.0 Å². The molecule has 0 aliphatic heterocycles. The molecule has 1 saturated carbocycles. The predicted octanol–water partition coefficient (Wildman–Crippen LogP) is 2.28. The van der Waals surface area contributed by atoms with E-state index in [2.05, 4.69) is 4.72 Å². The molecule has 1 aromatic carbocycles. The number of benzene rings is 1. The summed E-state index contributed by atoms with van der Waals surface area (Å²) in [5, 5.41) is 0. The molecule has 21 heavy (non-hydrogen) atoms. The van der Waals surface area contributed by atoms with Crippen LogP contribution >= 0.6 is 0 Å². The highest BCUT2D eigenvalue weighted by atomic mass is 32.2. The first-order valence-electron chi connectivity index (χ1n) is 6.95. The van der Waals surface area contributed by atoms with Crippen molar-refractivity contribution < 1.29 is 17.2 Å². The topological polar surface area (TPSA) is 72.2 Å². The summed E-state index contributed by atoms with van der Waals surface area (Å²) in [7, 11) is -4.09. The van der Waals surface area contributed by atoms with Gasteiger partial charge in [0.25, 0.3) is 0 Å². The summed E-state index contributed by atoms with van der Waals surface area (Å²) in [6, 6.07) is 1.99.